The molecule has 0 fully saturated rings. The van der Waals surface area contributed by atoms with Gasteiger partial charge in [-0.2, -0.15) is 0 Å². The number of hydrogen-bond donors (Lipinski definition) is 1. The number of carbonyl (C=O) groups excluding carboxylic acids is 2. The predicted molar refractivity (Wildman–Crippen MR) is 134 cm³/mol. The summed E-state index contributed by atoms with van der Waals surface area (Å²) in [5.74, 6) is 0.966. The van der Waals surface area contributed by atoms with Crippen LogP contribution in [0.4, 0.5) is 11.5 Å². The molecule has 0 saturated carbocycles. The summed E-state index contributed by atoms with van der Waals surface area (Å²) in [7, 11) is 3.68. The van der Waals surface area contributed by atoms with E-state index in [9.17, 15) is 9.59 Å². The number of aromatic nitrogens is 2. The summed E-state index contributed by atoms with van der Waals surface area (Å²) in [5, 5.41) is 5.07. The molecular weight excluding hydrogens is 428 g/mol. The van der Waals surface area contributed by atoms with E-state index in [1.807, 2.05) is 80.8 Å². The van der Waals surface area contributed by atoms with E-state index in [0.29, 0.717) is 40.8 Å². The molecule has 3 aromatic carbocycles. The van der Waals surface area contributed by atoms with Crippen molar-refractivity contribution in [1.82, 2.24) is 9.97 Å². The van der Waals surface area contributed by atoms with E-state index in [4.69, 9.17) is 4.74 Å². The lowest BCUT2D eigenvalue weighted by molar-refractivity contribution is -0.131. The van der Waals surface area contributed by atoms with Crippen molar-refractivity contribution in [2.45, 2.75) is 20.3 Å². The highest BCUT2D eigenvalue weighted by molar-refractivity contribution is 6.06. The Kier molecular flexibility index (Phi) is 6.54. The zero-order valence-electron chi connectivity index (χ0n) is 19.6. The smallest absolute Gasteiger partial charge is 0.308 e. The van der Waals surface area contributed by atoms with Crippen molar-refractivity contribution in [1.29, 1.82) is 0 Å². The Labute approximate surface area is 198 Å². The molecule has 7 nitrogen and oxygen atoms in total. The molecule has 0 radical (unpaired) electrons. The molecule has 0 saturated heterocycles. The first kappa shape index (κ1) is 22.9. The number of nitrogens with one attached hydrogen (secondary N) is 1. The van der Waals surface area contributed by atoms with Crippen LogP contribution in [0.5, 0.6) is 5.75 Å². The lowest BCUT2D eigenvalue weighted by Crippen LogP contribution is -2.17. The van der Waals surface area contributed by atoms with Crippen LogP contribution in [0.1, 0.15) is 34.4 Å². The molecule has 0 aliphatic heterocycles. The summed E-state index contributed by atoms with van der Waals surface area (Å²) in [4.78, 5) is 35.0. The van der Waals surface area contributed by atoms with Gasteiger partial charge in [-0.25, -0.2) is 9.97 Å². The monoisotopic (exact) mass is 454 g/mol. The summed E-state index contributed by atoms with van der Waals surface area (Å²) in [6.45, 7) is 3.15. The fourth-order valence-electron chi connectivity index (χ4n) is 3.67. The first-order valence-corrected chi connectivity index (χ1v) is 10.9. The van der Waals surface area contributed by atoms with Crippen molar-refractivity contribution >= 4 is 34.2 Å². The second-order valence-corrected chi connectivity index (χ2v) is 8.26. The standard InChI is InChI=1S/C27H26N4O3/c1-17-25(34-18(2)32)26(31(3)4)30-24(28-17)15-19-9-13-23(14-10-19)29-27(33)22-12-11-20-7-5-6-8-21(20)16-22/h5-14,16H,15H2,1-4H3,(H,29,33). The Morgan fingerprint density at radius 1 is 0.941 bits per heavy atom. The number of benzene rings is 3. The topological polar surface area (TPSA) is 84.4 Å². The highest BCUT2D eigenvalue weighted by Gasteiger charge is 2.17. The average molecular weight is 455 g/mol. The molecule has 0 unspecified atom stereocenters. The molecule has 0 spiro atoms. The van der Waals surface area contributed by atoms with Crippen LogP contribution in [0.2, 0.25) is 0 Å². The van der Waals surface area contributed by atoms with Crippen molar-refractivity contribution in [3.8, 4) is 5.75 Å². The third-order valence-electron chi connectivity index (χ3n) is 5.32. The van der Waals surface area contributed by atoms with E-state index in [1.54, 1.807) is 11.8 Å². The van der Waals surface area contributed by atoms with Gasteiger partial charge in [0.25, 0.3) is 5.91 Å². The predicted octanol–water partition coefficient (Wildman–Crippen LogP) is 4.77. The minimum atomic E-state index is -0.413. The maximum absolute atomic E-state index is 12.7. The van der Waals surface area contributed by atoms with E-state index in [2.05, 4.69) is 15.3 Å². The molecular formula is C27H26N4O3. The summed E-state index contributed by atoms with van der Waals surface area (Å²) in [6.07, 6.45) is 0.501. The van der Waals surface area contributed by atoms with E-state index in [1.165, 1.54) is 6.92 Å². The second-order valence-electron chi connectivity index (χ2n) is 8.26. The number of amides is 1. The van der Waals surface area contributed by atoms with Crippen molar-refractivity contribution in [3.63, 3.8) is 0 Å². The molecule has 7 heteroatoms. The van der Waals surface area contributed by atoms with Crippen molar-refractivity contribution in [2.75, 3.05) is 24.3 Å². The number of nitrogens with zero attached hydrogens (tertiary/aromatic N) is 3. The normalized spacial score (nSPS) is 10.7. The highest BCUT2D eigenvalue weighted by Crippen LogP contribution is 2.28. The Morgan fingerprint density at radius 2 is 1.65 bits per heavy atom. The summed E-state index contributed by atoms with van der Waals surface area (Å²) < 4.78 is 5.31. The average Bonchev–Trinajstić information content (AvgIpc) is 2.81. The van der Waals surface area contributed by atoms with Crippen LogP contribution in [-0.2, 0) is 11.2 Å². The SMILES string of the molecule is CC(=O)Oc1c(C)nc(Cc2ccc(NC(=O)c3ccc4ccccc4c3)cc2)nc1N(C)C. The molecule has 172 valence electrons. The van der Waals surface area contributed by atoms with Gasteiger partial charge in [0.2, 0.25) is 0 Å². The van der Waals surface area contributed by atoms with Crippen LogP contribution < -0.4 is 15.0 Å². The Balaban J connectivity index is 1.48. The van der Waals surface area contributed by atoms with Gasteiger partial charge >= 0.3 is 5.97 Å². The van der Waals surface area contributed by atoms with Gasteiger partial charge in [0, 0.05) is 38.7 Å². The van der Waals surface area contributed by atoms with Gasteiger partial charge in [0.15, 0.2) is 11.6 Å². The van der Waals surface area contributed by atoms with E-state index in [-0.39, 0.29) is 5.91 Å². The number of anilines is 2. The zero-order valence-corrected chi connectivity index (χ0v) is 19.6. The number of ether oxygens (including phenoxy) is 1. The number of fused-ring (bicyclic) bond motifs is 1. The number of carbonyl (C=O) groups is 2. The van der Waals surface area contributed by atoms with E-state index >= 15 is 0 Å². The largest absolute Gasteiger partial charge is 0.421 e. The zero-order chi connectivity index (χ0) is 24.2. The summed E-state index contributed by atoms with van der Waals surface area (Å²) in [5.41, 5.74) is 2.91. The highest BCUT2D eigenvalue weighted by atomic mass is 16.5. The van der Waals surface area contributed by atoms with Gasteiger partial charge in [-0.3, -0.25) is 9.59 Å². The Hall–Kier alpha value is -4.26. The van der Waals surface area contributed by atoms with Crippen molar-refractivity contribution < 1.29 is 14.3 Å². The maximum atomic E-state index is 12.7. The number of rotatable bonds is 6. The number of esters is 1. The molecule has 1 heterocycles. The quantitative estimate of drug-likeness (QED) is 0.423. The fourth-order valence-corrected chi connectivity index (χ4v) is 3.67. The minimum absolute atomic E-state index is 0.158. The molecule has 0 aliphatic rings. The molecule has 0 bridgehead atoms. The summed E-state index contributed by atoms with van der Waals surface area (Å²) in [6, 6.07) is 21.2. The Morgan fingerprint density at radius 3 is 2.32 bits per heavy atom. The molecule has 1 aromatic heterocycles. The summed E-state index contributed by atoms with van der Waals surface area (Å²) >= 11 is 0. The first-order chi connectivity index (χ1) is 16.3. The third-order valence-corrected chi connectivity index (χ3v) is 5.32. The molecule has 34 heavy (non-hydrogen) atoms. The lowest BCUT2D eigenvalue weighted by Gasteiger charge is -2.18. The van der Waals surface area contributed by atoms with Gasteiger partial charge in [0.05, 0.1) is 5.69 Å². The van der Waals surface area contributed by atoms with Crippen LogP contribution in [0, 0.1) is 6.92 Å². The molecule has 0 aliphatic carbocycles. The minimum Gasteiger partial charge on any atom is -0.421 e. The van der Waals surface area contributed by atoms with Crippen LogP contribution in [0.25, 0.3) is 10.8 Å². The molecule has 0 atom stereocenters. The van der Waals surface area contributed by atoms with Gasteiger partial charge in [-0.15, -0.1) is 0 Å². The second kappa shape index (κ2) is 9.70. The lowest BCUT2D eigenvalue weighted by atomic mass is 10.1. The maximum Gasteiger partial charge on any atom is 0.308 e. The van der Waals surface area contributed by atoms with Gasteiger partial charge in [-0.05, 0) is 47.5 Å². The number of hydrogen-bond acceptors (Lipinski definition) is 6. The van der Waals surface area contributed by atoms with Gasteiger partial charge < -0.3 is 15.0 Å². The molecule has 1 N–H and O–H groups in total. The van der Waals surface area contributed by atoms with E-state index in [0.717, 1.165) is 16.3 Å². The van der Waals surface area contributed by atoms with Crippen LogP contribution in [0.15, 0.2) is 66.7 Å². The molecule has 4 aromatic rings. The molecule has 1 amide bonds. The van der Waals surface area contributed by atoms with Crippen LogP contribution in [-0.4, -0.2) is 35.9 Å². The van der Waals surface area contributed by atoms with Crippen molar-refractivity contribution in [3.05, 3.63) is 89.4 Å². The fraction of sp³-hybridized carbons (Fsp3) is 0.185. The Bertz CT molecular complexity index is 1360. The van der Waals surface area contributed by atoms with Gasteiger partial charge in [0.1, 0.15) is 5.82 Å². The van der Waals surface area contributed by atoms with Gasteiger partial charge in [-0.1, -0.05) is 42.5 Å². The third kappa shape index (κ3) is 5.20. The van der Waals surface area contributed by atoms with Crippen LogP contribution in [0.3, 0.4) is 0 Å². The first-order valence-electron chi connectivity index (χ1n) is 10.9. The van der Waals surface area contributed by atoms with Crippen molar-refractivity contribution in [2.24, 2.45) is 0 Å². The number of aryl methyl sites for hydroxylation is 1. The molecule has 4 rings (SSSR count). The van der Waals surface area contributed by atoms with Crippen LogP contribution >= 0.6 is 0 Å². The van der Waals surface area contributed by atoms with E-state index < -0.39 is 5.97 Å².